The molecule has 2 aromatic rings. The molecule has 0 unspecified atom stereocenters. The number of hydrogen-bond acceptors (Lipinski definition) is 1. The zero-order valence-electron chi connectivity index (χ0n) is 12.7. The van der Waals surface area contributed by atoms with E-state index >= 15 is 0 Å². The standard InChI is InChI=1S/C20H20ClN/c21-17-7-8-19-16(13-17)6-5-14-3-1-2-4-18(14)20(19)15-9-11-22-12-10-15/h1-4,7-8,13,22H,5-6,9-12H2. The van der Waals surface area contributed by atoms with Gasteiger partial charge in [-0.05, 0) is 78.7 Å². The fraction of sp³-hybridized carbons (Fsp3) is 0.300. The van der Waals surface area contributed by atoms with Gasteiger partial charge in [0, 0.05) is 5.02 Å². The lowest BCUT2D eigenvalue weighted by atomic mass is 9.86. The molecular formula is C20H20ClN. The van der Waals surface area contributed by atoms with Crippen LogP contribution in [0.25, 0.3) is 5.57 Å². The maximum atomic E-state index is 6.25. The first kappa shape index (κ1) is 14.0. The van der Waals surface area contributed by atoms with E-state index in [1.165, 1.54) is 27.8 Å². The van der Waals surface area contributed by atoms with Gasteiger partial charge in [0.15, 0.2) is 0 Å². The van der Waals surface area contributed by atoms with Gasteiger partial charge < -0.3 is 5.32 Å². The second kappa shape index (κ2) is 5.91. The summed E-state index contributed by atoms with van der Waals surface area (Å²) in [7, 11) is 0. The van der Waals surface area contributed by atoms with Gasteiger partial charge in [0.05, 0.1) is 0 Å². The Morgan fingerprint density at radius 3 is 2.36 bits per heavy atom. The van der Waals surface area contributed by atoms with Crippen LogP contribution in [0.4, 0.5) is 0 Å². The molecule has 2 aliphatic rings. The van der Waals surface area contributed by atoms with Crippen molar-refractivity contribution in [3.8, 4) is 0 Å². The lowest BCUT2D eigenvalue weighted by molar-refractivity contribution is 0.611. The van der Waals surface area contributed by atoms with Crippen molar-refractivity contribution in [1.29, 1.82) is 0 Å². The quantitative estimate of drug-likeness (QED) is 0.748. The van der Waals surface area contributed by atoms with Crippen molar-refractivity contribution in [1.82, 2.24) is 5.32 Å². The molecule has 2 heteroatoms. The Bertz CT molecular complexity index is 737. The van der Waals surface area contributed by atoms with E-state index in [9.17, 15) is 0 Å². The van der Waals surface area contributed by atoms with E-state index < -0.39 is 0 Å². The fourth-order valence-corrected chi connectivity index (χ4v) is 3.96. The maximum absolute atomic E-state index is 6.25. The van der Waals surface area contributed by atoms with E-state index in [-0.39, 0.29) is 0 Å². The largest absolute Gasteiger partial charge is 0.316 e. The molecule has 1 heterocycles. The highest BCUT2D eigenvalue weighted by molar-refractivity contribution is 6.30. The van der Waals surface area contributed by atoms with E-state index in [4.69, 9.17) is 11.6 Å². The summed E-state index contributed by atoms with van der Waals surface area (Å²) in [6, 6.07) is 15.3. The number of hydrogen-bond donors (Lipinski definition) is 1. The number of fused-ring (bicyclic) bond motifs is 2. The van der Waals surface area contributed by atoms with Gasteiger partial charge in [-0.25, -0.2) is 0 Å². The molecule has 22 heavy (non-hydrogen) atoms. The summed E-state index contributed by atoms with van der Waals surface area (Å²) in [4.78, 5) is 0. The van der Waals surface area contributed by atoms with Crippen LogP contribution in [-0.4, -0.2) is 13.1 Å². The highest BCUT2D eigenvalue weighted by Gasteiger charge is 2.22. The van der Waals surface area contributed by atoms with Crippen molar-refractivity contribution in [2.45, 2.75) is 25.7 Å². The van der Waals surface area contributed by atoms with Gasteiger partial charge in [0.25, 0.3) is 0 Å². The van der Waals surface area contributed by atoms with Gasteiger partial charge >= 0.3 is 0 Å². The number of nitrogens with one attached hydrogen (secondary N) is 1. The lowest BCUT2D eigenvalue weighted by Crippen LogP contribution is -2.24. The SMILES string of the molecule is Clc1ccc2c(c1)CCc1ccccc1C2=C1CCNCC1. The molecular weight excluding hydrogens is 290 g/mol. The third-order valence-corrected chi connectivity index (χ3v) is 5.08. The minimum absolute atomic E-state index is 0.847. The highest BCUT2D eigenvalue weighted by Crippen LogP contribution is 2.38. The molecule has 1 aliphatic carbocycles. The Labute approximate surface area is 137 Å². The first-order valence-corrected chi connectivity index (χ1v) is 8.50. The van der Waals surface area contributed by atoms with E-state index in [0.717, 1.165) is 43.8 Å². The third kappa shape index (κ3) is 2.49. The number of benzene rings is 2. The molecule has 1 N–H and O–H groups in total. The normalized spacial score (nSPS) is 17.7. The molecule has 4 rings (SSSR count). The Hall–Kier alpha value is -1.57. The summed E-state index contributed by atoms with van der Waals surface area (Å²) >= 11 is 6.25. The molecule has 112 valence electrons. The molecule has 1 fully saturated rings. The minimum Gasteiger partial charge on any atom is -0.316 e. The average Bonchev–Trinajstić information content (AvgIpc) is 2.72. The van der Waals surface area contributed by atoms with Crippen LogP contribution in [0.2, 0.25) is 5.02 Å². The Kier molecular flexibility index (Phi) is 3.77. The summed E-state index contributed by atoms with van der Waals surface area (Å²) < 4.78 is 0. The predicted molar refractivity (Wildman–Crippen MR) is 93.4 cm³/mol. The van der Waals surface area contributed by atoms with E-state index in [2.05, 4.69) is 41.7 Å². The zero-order chi connectivity index (χ0) is 14.9. The molecule has 2 aromatic carbocycles. The Balaban J connectivity index is 1.98. The number of piperidine rings is 1. The molecule has 0 atom stereocenters. The molecule has 0 saturated carbocycles. The van der Waals surface area contributed by atoms with Crippen LogP contribution in [0, 0.1) is 0 Å². The lowest BCUT2D eigenvalue weighted by Gasteiger charge is -2.22. The number of rotatable bonds is 0. The highest BCUT2D eigenvalue weighted by atomic mass is 35.5. The predicted octanol–water partition coefficient (Wildman–Crippen LogP) is 4.62. The van der Waals surface area contributed by atoms with E-state index in [1.54, 1.807) is 5.57 Å². The third-order valence-electron chi connectivity index (χ3n) is 4.85. The molecule has 1 nitrogen and oxygen atoms in total. The van der Waals surface area contributed by atoms with Crippen LogP contribution in [0.15, 0.2) is 48.0 Å². The number of halogens is 1. The molecule has 1 saturated heterocycles. The topological polar surface area (TPSA) is 12.0 Å². The van der Waals surface area contributed by atoms with Gasteiger partial charge in [-0.15, -0.1) is 0 Å². The molecule has 1 aliphatic heterocycles. The van der Waals surface area contributed by atoms with E-state index in [0.29, 0.717) is 0 Å². The van der Waals surface area contributed by atoms with Gasteiger partial charge in [-0.2, -0.15) is 0 Å². The second-order valence-electron chi connectivity index (χ2n) is 6.19. The summed E-state index contributed by atoms with van der Waals surface area (Å²) in [5.74, 6) is 0. The molecule has 0 bridgehead atoms. The maximum Gasteiger partial charge on any atom is 0.0409 e. The fourth-order valence-electron chi connectivity index (χ4n) is 3.77. The first-order valence-electron chi connectivity index (χ1n) is 8.13. The monoisotopic (exact) mass is 309 g/mol. The van der Waals surface area contributed by atoms with Gasteiger partial charge in [-0.1, -0.05) is 47.5 Å². The molecule has 0 amide bonds. The van der Waals surface area contributed by atoms with Crippen molar-refractivity contribution in [2.24, 2.45) is 0 Å². The van der Waals surface area contributed by atoms with Crippen molar-refractivity contribution >= 4 is 17.2 Å². The Morgan fingerprint density at radius 1 is 0.773 bits per heavy atom. The van der Waals surface area contributed by atoms with E-state index in [1.807, 2.05) is 6.07 Å². The molecule has 0 radical (unpaired) electrons. The second-order valence-corrected chi connectivity index (χ2v) is 6.62. The van der Waals surface area contributed by atoms with Gasteiger partial charge in [0.1, 0.15) is 0 Å². The number of aryl methyl sites for hydroxylation is 2. The molecule has 0 spiro atoms. The van der Waals surface area contributed by atoms with Crippen molar-refractivity contribution in [2.75, 3.05) is 13.1 Å². The minimum atomic E-state index is 0.847. The van der Waals surface area contributed by atoms with Crippen LogP contribution in [0.1, 0.15) is 35.1 Å². The summed E-state index contributed by atoms with van der Waals surface area (Å²) in [6.45, 7) is 2.17. The van der Waals surface area contributed by atoms with Crippen LogP contribution < -0.4 is 5.32 Å². The summed E-state index contributed by atoms with van der Waals surface area (Å²) in [5, 5.41) is 4.32. The smallest absolute Gasteiger partial charge is 0.0409 e. The van der Waals surface area contributed by atoms with Crippen molar-refractivity contribution < 1.29 is 0 Å². The first-order chi connectivity index (χ1) is 10.8. The van der Waals surface area contributed by atoms with Crippen LogP contribution in [0.5, 0.6) is 0 Å². The van der Waals surface area contributed by atoms with Crippen molar-refractivity contribution in [3.05, 3.63) is 75.3 Å². The average molecular weight is 310 g/mol. The molecule has 0 aromatic heterocycles. The zero-order valence-corrected chi connectivity index (χ0v) is 13.4. The van der Waals surface area contributed by atoms with Crippen LogP contribution in [0.3, 0.4) is 0 Å². The van der Waals surface area contributed by atoms with Gasteiger partial charge in [0.2, 0.25) is 0 Å². The van der Waals surface area contributed by atoms with Crippen LogP contribution >= 0.6 is 11.6 Å². The van der Waals surface area contributed by atoms with Crippen molar-refractivity contribution in [3.63, 3.8) is 0 Å². The van der Waals surface area contributed by atoms with Gasteiger partial charge in [-0.3, -0.25) is 0 Å². The summed E-state index contributed by atoms with van der Waals surface area (Å²) in [6.07, 6.45) is 4.46. The Morgan fingerprint density at radius 2 is 1.50 bits per heavy atom. The van der Waals surface area contributed by atoms with Crippen LogP contribution in [-0.2, 0) is 12.8 Å². The summed E-state index contributed by atoms with van der Waals surface area (Å²) in [5.41, 5.74) is 8.75.